The summed E-state index contributed by atoms with van der Waals surface area (Å²) in [6, 6.07) is 18.5. The van der Waals surface area contributed by atoms with Crippen LogP contribution < -0.4 is 14.4 Å². The number of methoxy groups -OCH3 is 2. The summed E-state index contributed by atoms with van der Waals surface area (Å²) in [5.74, 6) is -1.67. The quantitative estimate of drug-likeness (QED) is 0.328. The Labute approximate surface area is 222 Å². The number of hydrogen-bond donors (Lipinski definition) is 0. The van der Waals surface area contributed by atoms with E-state index in [2.05, 4.69) is 15.9 Å². The van der Waals surface area contributed by atoms with E-state index >= 15 is 0 Å². The third kappa shape index (κ3) is 3.50. The highest BCUT2D eigenvalue weighted by molar-refractivity contribution is 9.10. The van der Waals surface area contributed by atoms with Crippen LogP contribution in [0.4, 0.5) is 5.69 Å². The molecular formula is C29H23BrN2O5. The van der Waals surface area contributed by atoms with Gasteiger partial charge in [0.15, 0.2) is 5.78 Å². The Morgan fingerprint density at radius 2 is 1.62 bits per heavy atom. The van der Waals surface area contributed by atoms with E-state index in [1.54, 1.807) is 42.5 Å². The van der Waals surface area contributed by atoms with Crippen LogP contribution in [0.3, 0.4) is 0 Å². The molecule has 0 unspecified atom stereocenters. The number of rotatable bonds is 5. The lowest BCUT2D eigenvalue weighted by atomic mass is 9.83. The van der Waals surface area contributed by atoms with Gasteiger partial charge in [0.05, 0.1) is 43.3 Å². The third-order valence-corrected chi connectivity index (χ3v) is 8.02. The van der Waals surface area contributed by atoms with Crippen molar-refractivity contribution in [3.05, 3.63) is 94.1 Å². The summed E-state index contributed by atoms with van der Waals surface area (Å²) in [6.07, 6.45) is 3.77. The van der Waals surface area contributed by atoms with Gasteiger partial charge >= 0.3 is 0 Å². The molecule has 3 aliphatic rings. The number of carbonyl (C=O) groups is 3. The number of halogens is 1. The monoisotopic (exact) mass is 558 g/mol. The molecule has 0 aromatic heterocycles. The van der Waals surface area contributed by atoms with Crippen LogP contribution in [0.5, 0.6) is 11.5 Å². The van der Waals surface area contributed by atoms with Gasteiger partial charge in [-0.1, -0.05) is 40.2 Å². The Bertz CT molecular complexity index is 1470. The maximum Gasteiger partial charge on any atom is 0.240 e. The van der Waals surface area contributed by atoms with Crippen LogP contribution in [0.15, 0.2) is 77.4 Å². The van der Waals surface area contributed by atoms with Crippen molar-refractivity contribution >= 4 is 45.3 Å². The minimum Gasteiger partial charge on any atom is -0.497 e. The predicted octanol–water partition coefficient (Wildman–Crippen LogP) is 4.86. The van der Waals surface area contributed by atoms with E-state index in [0.29, 0.717) is 22.7 Å². The van der Waals surface area contributed by atoms with Crippen LogP contribution in [0.1, 0.15) is 27.5 Å². The molecule has 0 radical (unpaired) electrons. The van der Waals surface area contributed by atoms with E-state index in [9.17, 15) is 14.4 Å². The number of nitrogens with zero attached hydrogens (tertiary/aromatic N) is 2. The highest BCUT2D eigenvalue weighted by Gasteiger charge is 2.64. The fourth-order valence-electron chi connectivity index (χ4n) is 5.87. The van der Waals surface area contributed by atoms with E-state index in [4.69, 9.17) is 9.47 Å². The lowest BCUT2D eigenvalue weighted by molar-refractivity contribution is -0.123. The van der Waals surface area contributed by atoms with Crippen LogP contribution in [0.2, 0.25) is 0 Å². The van der Waals surface area contributed by atoms with Crippen LogP contribution in [0.25, 0.3) is 6.08 Å². The zero-order chi connectivity index (χ0) is 25.8. The first-order valence-electron chi connectivity index (χ1n) is 11.9. The lowest BCUT2D eigenvalue weighted by Gasteiger charge is -2.35. The van der Waals surface area contributed by atoms with Gasteiger partial charge in [0.25, 0.3) is 0 Å². The molecule has 6 rings (SSSR count). The number of benzene rings is 3. The lowest BCUT2D eigenvalue weighted by Crippen LogP contribution is -2.44. The van der Waals surface area contributed by atoms with Crippen molar-refractivity contribution in [2.45, 2.75) is 12.1 Å². The van der Waals surface area contributed by atoms with Gasteiger partial charge in [0.1, 0.15) is 17.5 Å². The van der Waals surface area contributed by atoms with Crippen molar-refractivity contribution < 1.29 is 23.9 Å². The first-order chi connectivity index (χ1) is 17.9. The molecule has 2 amide bonds. The van der Waals surface area contributed by atoms with Gasteiger partial charge in [-0.05, 0) is 59.7 Å². The molecule has 3 aromatic carbocycles. The Hall–Kier alpha value is -3.91. The maximum atomic E-state index is 14.2. The molecule has 0 bridgehead atoms. The van der Waals surface area contributed by atoms with Crippen molar-refractivity contribution in [1.29, 1.82) is 0 Å². The number of anilines is 1. The minimum absolute atomic E-state index is 0.295. The molecule has 0 saturated carbocycles. The summed E-state index contributed by atoms with van der Waals surface area (Å²) in [5.41, 5.74) is 2.69. The molecule has 3 aliphatic heterocycles. The molecule has 0 N–H and O–H groups in total. The van der Waals surface area contributed by atoms with Gasteiger partial charge in [-0.25, -0.2) is 4.90 Å². The molecule has 4 atom stereocenters. The second kappa shape index (κ2) is 8.88. The second-order valence-electron chi connectivity index (χ2n) is 9.25. The first-order valence-corrected chi connectivity index (χ1v) is 12.7. The standard InChI is InChI=1S/C29H23BrN2O5/c1-36-19-11-12-22(37-2)21(15-19)27(33)26-24-23(25-20-6-4-3-5-16(20)13-14-31(25)26)28(34)32(29(24)35)18-9-7-17(30)8-10-18/h3-15,23-26H,1-2H3/t23-,24+,25+,26+/m0/s1. The largest absolute Gasteiger partial charge is 0.497 e. The van der Waals surface area contributed by atoms with Gasteiger partial charge < -0.3 is 14.4 Å². The van der Waals surface area contributed by atoms with Crippen molar-refractivity contribution in [3.8, 4) is 11.5 Å². The predicted molar refractivity (Wildman–Crippen MR) is 141 cm³/mol. The van der Waals surface area contributed by atoms with E-state index in [-0.39, 0.29) is 17.6 Å². The number of fused-ring (bicyclic) bond motifs is 5. The van der Waals surface area contributed by atoms with Crippen molar-refractivity contribution in [1.82, 2.24) is 4.90 Å². The normalized spacial score (nSPS) is 23.5. The molecule has 0 aliphatic carbocycles. The number of carbonyl (C=O) groups excluding carboxylic acids is 3. The van der Waals surface area contributed by atoms with Crippen LogP contribution in [0, 0.1) is 11.8 Å². The summed E-state index contributed by atoms with van der Waals surface area (Å²) >= 11 is 3.41. The van der Waals surface area contributed by atoms with E-state index in [1.165, 1.54) is 19.1 Å². The van der Waals surface area contributed by atoms with E-state index in [1.807, 2.05) is 41.4 Å². The topological polar surface area (TPSA) is 76.1 Å². The molecule has 2 fully saturated rings. The van der Waals surface area contributed by atoms with Crippen molar-refractivity contribution in [2.24, 2.45) is 11.8 Å². The number of imide groups is 1. The van der Waals surface area contributed by atoms with Gasteiger partial charge in [-0.3, -0.25) is 14.4 Å². The molecule has 3 aromatic rings. The van der Waals surface area contributed by atoms with Gasteiger partial charge in [-0.2, -0.15) is 0 Å². The molecule has 7 nitrogen and oxygen atoms in total. The van der Waals surface area contributed by atoms with Crippen molar-refractivity contribution in [2.75, 3.05) is 19.1 Å². The fourth-order valence-corrected chi connectivity index (χ4v) is 6.13. The Kier molecular flexibility index (Phi) is 5.64. The molecule has 8 heteroatoms. The highest BCUT2D eigenvalue weighted by atomic mass is 79.9. The number of ether oxygens (including phenoxy) is 2. The highest BCUT2D eigenvalue weighted by Crippen LogP contribution is 2.54. The smallest absolute Gasteiger partial charge is 0.240 e. The number of ketones is 1. The van der Waals surface area contributed by atoms with E-state index in [0.717, 1.165) is 15.6 Å². The Morgan fingerprint density at radius 3 is 2.35 bits per heavy atom. The molecule has 0 spiro atoms. The Morgan fingerprint density at radius 1 is 0.892 bits per heavy atom. The third-order valence-electron chi connectivity index (χ3n) is 7.49. The number of Topliss-reactive ketones (excluding diaryl/α,β-unsaturated/α-hetero) is 1. The molecule has 186 valence electrons. The molecular weight excluding hydrogens is 536 g/mol. The summed E-state index contributed by atoms with van der Waals surface area (Å²) in [4.78, 5) is 45.3. The SMILES string of the molecule is COc1ccc(OC)c(C(=O)[C@H]2[C@@H]3C(=O)N(c4ccc(Br)cc4)C(=O)[C@@H]3[C@H]3c4ccccc4C=CN32)c1. The molecule has 37 heavy (non-hydrogen) atoms. The zero-order valence-corrected chi connectivity index (χ0v) is 21.7. The average Bonchev–Trinajstić information content (AvgIpc) is 3.40. The molecule has 3 heterocycles. The van der Waals surface area contributed by atoms with Gasteiger partial charge in [-0.15, -0.1) is 0 Å². The van der Waals surface area contributed by atoms with Gasteiger partial charge in [0.2, 0.25) is 11.8 Å². The fraction of sp³-hybridized carbons (Fsp3) is 0.207. The van der Waals surface area contributed by atoms with Gasteiger partial charge in [0, 0.05) is 10.7 Å². The zero-order valence-electron chi connectivity index (χ0n) is 20.1. The summed E-state index contributed by atoms with van der Waals surface area (Å²) in [5, 5.41) is 0. The second-order valence-corrected chi connectivity index (χ2v) is 10.2. The maximum absolute atomic E-state index is 14.2. The summed E-state index contributed by atoms with van der Waals surface area (Å²) in [7, 11) is 3.02. The summed E-state index contributed by atoms with van der Waals surface area (Å²) < 4.78 is 11.7. The van der Waals surface area contributed by atoms with E-state index < -0.39 is 23.9 Å². The first kappa shape index (κ1) is 23.5. The average molecular weight is 559 g/mol. The number of amides is 2. The van der Waals surface area contributed by atoms with Crippen LogP contribution >= 0.6 is 15.9 Å². The summed E-state index contributed by atoms with van der Waals surface area (Å²) in [6.45, 7) is 0. The minimum atomic E-state index is -0.891. The van der Waals surface area contributed by atoms with Crippen molar-refractivity contribution in [3.63, 3.8) is 0 Å². The van der Waals surface area contributed by atoms with Crippen LogP contribution in [-0.4, -0.2) is 42.8 Å². The number of hydrogen-bond acceptors (Lipinski definition) is 6. The Balaban J connectivity index is 1.51. The molecule has 2 saturated heterocycles. The van der Waals surface area contributed by atoms with Crippen LogP contribution in [-0.2, 0) is 9.59 Å².